The lowest BCUT2D eigenvalue weighted by molar-refractivity contribution is 1.28. The Labute approximate surface area is 311 Å². The van der Waals surface area contributed by atoms with E-state index in [0.717, 1.165) is 17.1 Å². The molecule has 0 aliphatic heterocycles. The van der Waals surface area contributed by atoms with Crippen molar-refractivity contribution >= 4 is 27.8 Å². The third-order valence-electron chi connectivity index (χ3n) is 10.1. The second kappa shape index (κ2) is 14.3. The summed E-state index contributed by atoms with van der Waals surface area (Å²) >= 11 is 0. The van der Waals surface area contributed by atoms with Crippen molar-refractivity contribution in [3.63, 3.8) is 0 Å². The van der Waals surface area contributed by atoms with Crippen LogP contribution in [0.15, 0.2) is 224 Å². The zero-order chi connectivity index (χ0) is 35.4. The number of anilines is 3. The lowest BCUT2D eigenvalue weighted by Crippen LogP contribution is -2.09. The molecule has 0 aliphatic carbocycles. The summed E-state index contributed by atoms with van der Waals surface area (Å²) in [5.41, 5.74) is 15.4. The summed E-state index contributed by atoms with van der Waals surface area (Å²) in [6.07, 6.45) is 0. The highest BCUT2D eigenvalue weighted by Crippen LogP contribution is 2.41. The molecule has 0 bridgehead atoms. The van der Waals surface area contributed by atoms with Crippen LogP contribution >= 0.6 is 0 Å². The van der Waals surface area contributed by atoms with Crippen LogP contribution in [0.25, 0.3) is 66.4 Å². The van der Waals surface area contributed by atoms with Gasteiger partial charge < -0.3 is 4.90 Å². The molecule has 9 rings (SSSR count). The summed E-state index contributed by atoms with van der Waals surface area (Å²) in [4.78, 5) is 2.35. The number of benzene rings is 9. The minimum absolute atomic E-state index is 1.10. The first-order valence-electron chi connectivity index (χ1n) is 18.2. The molecule has 0 spiro atoms. The van der Waals surface area contributed by atoms with Gasteiger partial charge in [0.1, 0.15) is 0 Å². The van der Waals surface area contributed by atoms with Crippen LogP contribution < -0.4 is 4.90 Å². The summed E-state index contributed by atoms with van der Waals surface area (Å²) in [5.74, 6) is 0. The maximum atomic E-state index is 2.35. The molecule has 0 amide bonds. The molecule has 0 heterocycles. The van der Waals surface area contributed by atoms with Crippen molar-refractivity contribution in [2.45, 2.75) is 0 Å². The third kappa shape index (κ3) is 6.53. The molecule has 1 nitrogen and oxygen atoms in total. The molecule has 250 valence electrons. The molecule has 0 fully saturated rings. The first-order valence-corrected chi connectivity index (χ1v) is 18.2. The van der Waals surface area contributed by atoms with Crippen LogP contribution in [0.5, 0.6) is 0 Å². The van der Waals surface area contributed by atoms with Gasteiger partial charge in [-0.15, -0.1) is 0 Å². The van der Waals surface area contributed by atoms with E-state index in [4.69, 9.17) is 0 Å². The van der Waals surface area contributed by atoms with E-state index in [1.54, 1.807) is 0 Å². The molecule has 9 aromatic rings. The van der Waals surface area contributed by atoms with Crippen LogP contribution in [0.1, 0.15) is 0 Å². The summed E-state index contributed by atoms with van der Waals surface area (Å²) < 4.78 is 0. The van der Waals surface area contributed by atoms with Gasteiger partial charge in [0.05, 0.1) is 0 Å². The molecule has 0 aliphatic rings. The minimum Gasteiger partial charge on any atom is -0.311 e. The molecule has 53 heavy (non-hydrogen) atoms. The second-order valence-electron chi connectivity index (χ2n) is 13.4. The number of rotatable bonds is 8. The lowest BCUT2D eigenvalue weighted by atomic mass is 9.90. The summed E-state index contributed by atoms with van der Waals surface area (Å²) in [6.45, 7) is 0. The Balaban J connectivity index is 1.09. The highest BCUT2D eigenvalue weighted by Gasteiger charge is 2.16. The van der Waals surface area contributed by atoms with Gasteiger partial charge in [0.25, 0.3) is 0 Å². The van der Waals surface area contributed by atoms with Crippen LogP contribution in [0.3, 0.4) is 0 Å². The number of hydrogen-bond donors (Lipinski definition) is 0. The number of fused-ring (bicyclic) bond motifs is 1. The Hall–Kier alpha value is -6.96. The smallest absolute Gasteiger partial charge is 0.0462 e. The largest absolute Gasteiger partial charge is 0.311 e. The first kappa shape index (κ1) is 32.0. The molecule has 0 saturated carbocycles. The highest BCUT2D eigenvalue weighted by atomic mass is 15.1. The van der Waals surface area contributed by atoms with Crippen LogP contribution in [0.4, 0.5) is 17.1 Å². The van der Waals surface area contributed by atoms with Crippen LogP contribution in [-0.4, -0.2) is 0 Å². The molecule has 0 N–H and O–H groups in total. The van der Waals surface area contributed by atoms with Crippen LogP contribution in [-0.2, 0) is 0 Å². The van der Waals surface area contributed by atoms with Crippen molar-refractivity contribution in [2.24, 2.45) is 0 Å². The normalized spacial score (nSPS) is 11.0. The van der Waals surface area contributed by atoms with E-state index in [9.17, 15) is 0 Å². The van der Waals surface area contributed by atoms with Crippen molar-refractivity contribution in [1.29, 1.82) is 0 Å². The minimum atomic E-state index is 1.10. The van der Waals surface area contributed by atoms with Gasteiger partial charge in [-0.25, -0.2) is 0 Å². The highest BCUT2D eigenvalue weighted by molar-refractivity contribution is 6.04. The van der Waals surface area contributed by atoms with Gasteiger partial charge in [-0.3, -0.25) is 0 Å². The average molecular weight is 676 g/mol. The fourth-order valence-electron chi connectivity index (χ4n) is 7.39. The van der Waals surface area contributed by atoms with Crippen molar-refractivity contribution in [1.82, 2.24) is 0 Å². The van der Waals surface area contributed by atoms with Gasteiger partial charge in [0.15, 0.2) is 0 Å². The van der Waals surface area contributed by atoms with Crippen molar-refractivity contribution < 1.29 is 0 Å². The van der Waals surface area contributed by atoms with Crippen LogP contribution in [0, 0.1) is 0 Å². The molecule has 0 aromatic heterocycles. The molecular formula is C52H37N. The maximum Gasteiger partial charge on any atom is 0.0462 e. The van der Waals surface area contributed by atoms with E-state index in [1.165, 1.54) is 66.4 Å². The van der Waals surface area contributed by atoms with Gasteiger partial charge in [-0.2, -0.15) is 0 Å². The fraction of sp³-hybridized carbons (Fsp3) is 0. The SMILES string of the molecule is c1ccc(-c2ccc(-c3ccc(N(c4ccc(-c5ccccc5)cc4)c4ccc(-c5ccc6ccccc6c5-c5ccccc5)cc4)cc3)cc2)cc1. The summed E-state index contributed by atoms with van der Waals surface area (Å²) in [6, 6.07) is 80.7. The van der Waals surface area contributed by atoms with Gasteiger partial charge in [0, 0.05) is 17.1 Å². The third-order valence-corrected chi connectivity index (χ3v) is 10.1. The molecule has 1 heteroatoms. The maximum absolute atomic E-state index is 2.35. The van der Waals surface area contributed by atoms with E-state index < -0.39 is 0 Å². The Morgan fingerprint density at radius 3 is 1.02 bits per heavy atom. The summed E-state index contributed by atoms with van der Waals surface area (Å²) in [5, 5.41) is 2.50. The van der Waals surface area contributed by atoms with E-state index in [-0.39, 0.29) is 0 Å². The second-order valence-corrected chi connectivity index (χ2v) is 13.4. The van der Waals surface area contributed by atoms with E-state index >= 15 is 0 Å². The zero-order valence-corrected chi connectivity index (χ0v) is 29.3. The molecule has 0 radical (unpaired) electrons. The van der Waals surface area contributed by atoms with Crippen molar-refractivity contribution in [3.8, 4) is 55.6 Å². The lowest BCUT2D eigenvalue weighted by Gasteiger charge is -2.26. The predicted octanol–water partition coefficient (Wildman–Crippen LogP) is 14.6. The molecule has 0 saturated heterocycles. The van der Waals surface area contributed by atoms with E-state index in [2.05, 4.69) is 229 Å². The van der Waals surface area contributed by atoms with E-state index in [0.29, 0.717) is 0 Å². The molecule has 9 aromatic carbocycles. The zero-order valence-electron chi connectivity index (χ0n) is 29.3. The topological polar surface area (TPSA) is 3.24 Å². The average Bonchev–Trinajstić information content (AvgIpc) is 3.25. The van der Waals surface area contributed by atoms with Crippen LogP contribution in [0.2, 0.25) is 0 Å². The predicted molar refractivity (Wildman–Crippen MR) is 226 cm³/mol. The Kier molecular flexibility index (Phi) is 8.66. The van der Waals surface area contributed by atoms with Gasteiger partial charge in [0.2, 0.25) is 0 Å². The van der Waals surface area contributed by atoms with Gasteiger partial charge in [-0.1, -0.05) is 188 Å². The Morgan fingerprint density at radius 2 is 0.566 bits per heavy atom. The number of hydrogen-bond acceptors (Lipinski definition) is 1. The quantitative estimate of drug-likeness (QED) is 0.155. The first-order chi connectivity index (χ1) is 26.3. The standard InChI is InChI=1S/C52H37N/c1-4-12-38(13-5-1)40-20-22-41(23-21-40)43-26-33-48(34-27-43)53(47-31-24-42(25-32-47)39-14-6-2-7-15-39)49-35-28-45(29-36-49)51-37-30-44-16-10-11-19-50(44)52(51)46-17-8-3-9-18-46/h1-37H. The molecule has 0 unspecified atom stereocenters. The van der Waals surface area contributed by atoms with Gasteiger partial charge >= 0.3 is 0 Å². The van der Waals surface area contributed by atoms with Crippen molar-refractivity contribution in [3.05, 3.63) is 224 Å². The number of nitrogens with zero attached hydrogens (tertiary/aromatic N) is 1. The van der Waals surface area contributed by atoms with Gasteiger partial charge in [-0.05, 0) is 103 Å². The molecular weight excluding hydrogens is 639 g/mol. The Bertz CT molecular complexity index is 2590. The molecule has 0 atom stereocenters. The van der Waals surface area contributed by atoms with E-state index in [1.807, 2.05) is 0 Å². The monoisotopic (exact) mass is 675 g/mol. The fourth-order valence-corrected chi connectivity index (χ4v) is 7.39. The summed E-state index contributed by atoms with van der Waals surface area (Å²) in [7, 11) is 0. The Morgan fingerprint density at radius 1 is 0.226 bits per heavy atom. The van der Waals surface area contributed by atoms with Crippen molar-refractivity contribution in [2.75, 3.05) is 4.90 Å².